The fraction of sp³-hybridized carbons (Fsp3) is 0.769. The molecule has 1 aromatic rings. The van der Waals surface area contributed by atoms with Crippen LogP contribution in [-0.2, 0) is 6.42 Å². The van der Waals surface area contributed by atoms with E-state index in [4.69, 9.17) is 17.3 Å². The van der Waals surface area contributed by atoms with Gasteiger partial charge in [-0.3, -0.25) is 0 Å². The zero-order valence-electron chi connectivity index (χ0n) is 10.9. The van der Waals surface area contributed by atoms with E-state index in [-0.39, 0.29) is 11.5 Å². The van der Waals surface area contributed by atoms with Crippen LogP contribution in [0.15, 0.2) is 0 Å². The SMILES string of the molecule is CC(C)N1CCC2(CC1)Cc1sc(Cl)nc1[C@H]2N. The van der Waals surface area contributed by atoms with Gasteiger partial charge in [-0.25, -0.2) is 4.98 Å². The molecular formula is C13H20ClN3S. The molecule has 5 heteroatoms. The van der Waals surface area contributed by atoms with Gasteiger partial charge in [-0.2, -0.15) is 0 Å². The summed E-state index contributed by atoms with van der Waals surface area (Å²) in [6.45, 7) is 6.86. The molecule has 100 valence electrons. The summed E-state index contributed by atoms with van der Waals surface area (Å²) in [4.78, 5) is 8.29. The van der Waals surface area contributed by atoms with Gasteiger partial charge < -0.3 is 10.6 Å². The van der Waals surface area contributed by atoms with Crippen molar-refractivity contribution in [1.82, 2.24) is 9.88 Å². The average Bonchev–Trinajstić information content (AvgIpc) is 2.78. The van der Waals surface area contributed by atoms with Crippen LogP contribution in [0, 0.1) is 5.41 Å². The standard InChI is InChI=1S/C13H20ClN3S/c1-8(2)17-5-3-13(4-6-17)7-9-10(11(13)15)16-12(14)18-9/h8,11H,3-7,15H2,1-2H3/t11-/m1/s1. The van der Waals surface area contributed by atoms with Crippen LogP contribution in [0.1, 0.15) is 43.3 Å². The van der Waals surface area contributed by atoms with Crippen LogP contribution < -0.4 is 5.73 Å². The van der Waals surface area contributed by atoms with Gasteiger partial charge in [0.25, 0.3) is 0 Å². The lowest BCUT2D eigenvalue weighted by atomic mass is 9.73. The Hall–Kier alpha value is -0.160. The molecule has 1 fully saturated rings. The minimum Gasteiger partial charge on any atom is -0.322 e. The number of thiazole rings is 1. The molecule has 1 aliphatic heterocycles. The number of fused-ring (bicyclic) bond motifs is 1. The molecule has 2 heterocycles. The fourth-order valence-electron chi connectivity index (χ4n) is 3.40. The molecule has 0 amide bonds. The van der Waals surface area contributed by atoms with Gasteiger partial charge in [-0.15, -0.1) is 11.3 Å². The monoisotopic (exact) mass is 285 g/mol. The van der Waals surface area contributed by atoms with Crippen LogP contribution >= 0.6 is 22.9 Å². The maximum atomic E-state index is 6.46. The van der Waals surface area contributed by atoms with Crippen molar-refractivity contribution in [1.29, 1.82) is 0 Å². The maximum absolute atomic E-state index is 6.46. The topological polar surface area (TPSA) is 42.2 Å². The first-order chi connectivity index (χ1) is 8.52. The van der Waals surface area contributed by atoms with Gasteiger partial charge in [-0.1, -0.05) is 11.6 Å². The van der Waals surface area contributed by atoms with Gasteiger partial charge in [0.15, 0.2) is 4.47 Å². The molecule has 18 heavy (non-hydrogen) atoms. The minimum absolute atomic E-state index is 0.0885. The van der Waals surface area contributed by atoms with Gasteiger partial charge in [0, 0.05) is 10.9 Å². The normalized spacial score (nSPS) is 27.1. The molecule has 2 aliphatic rings. The van der Waals surface area contributed by atoms with Crippen molar-refractivity contribution in [3.63, 3.8) is 0 Å². The van der Waals surface area contributed by atoms with Crippen LogP contribution in [-0.4, -0.2) is 29.0 Å². The third kappa shape index (κ3) is 1.90. The molecule has 3 rings (SSSR count). The highest BCUT2D eigenvalue weighted by atomic mass is 35.5. The van der Waals surface area contributed by atoms with Crippen molar-refractivity contribution in [3.05, 3.63) is 15.0 Å². The molecule has 3 nitrogen and oxygen atoms in total. The Bertz CT molecular complexity index is 449. The lowest BCUT2D eigenvalue weighted by Gasteiger charge is -2.43. The first kappa shape index (κ1) is 12.9. The second-order valence-electron chi connectivity index (χ2n) is 5.92. The number of hydrogen-bond acceptors (Lipinski definition) is 4. The fourth-order valence-corrected chi connectivity index (χ4v) is 4.75. The Kier molecular flexibility index (Phi) is 3.17. The summed E-state index contributed by atoms with van der Waals surface area (Å²) < 4.78 is 0.643. The zero-order chi connectivity index (χ0) is 12.9. The number of nitrogens with zero attached hydrogens (tertiary/aromatic N) is 2. The first-order valence-electron chi connectivity index (χ1n) is 6.66. The molecule has 1 aliphatic carbocycles. The van der Waals surface area contributed by atoms with E-state index in [9.17, 15) is 0 Å². The van der Waals surface area contributed by atoms with Crippen LogP contribution in [0.2, 0.25) is 4.47 Å². The van der Waals surface area contributed by atoms with Gasteiger partial charge in [-0.05, 0) is 51.6 Å². The third-order valence-electron chi connectivity index (χ3n) is 4.69. The number of hydrogen-bond donors (Lipinski definition) is 1. The van der Waals surface area contributed by atoms with E-state index in [1.165, 1.54) is 17.7 Å². The van der Waals surface area contributed by atoms with Crippen molar-refractivity contribution in [2.24, 2.45) is 11.1 Å². The molecule has 1 spiro atoms. The first-order valence-corrected chi connectivity index (χ1v) is 7.86. The van der Waals surface area contributed by atoms with Crippen LogP contribution in [0.5, 0.6) is 0 Å². The smallest absolute Gasteiger partial charge is 0.184 e. The molecule has 0 saturated carbocycles. The molecule has 0 bridgehead atoms. The Morgan fingerprint density at radius 2 is 2.11 bits per heavy atom. The van der Waals surface area contributed by atoms with Crippen molar-refractivity contribution >= 4 is 22.9 Å². The third-order valence-corrected chi connectivity index (χ3v) is 5.87. The summed E-state index contributed by atoms with van der Waals surface area (Å²) in [7, 11) is 0. The summed E-state index contributed by atoms with van der Waals surface area (Å²) in [5, 5.41) is 0. The summed E-state index contributed by atoms with van der Waals surface area (Å²) in [5.74, 6) is 0. The molecule has 1 atom stereocenters. The van der Waals surface area contributed by atoms with Crippen molar-refractivity contribution in [2.75, 3.05) is 13.1 Å². The molecule has 0 unspecified atom stereocenters. The Labute approximate surface area is 117 Å². The average molecular weight is 286 g/mol. The number of piperidine rings is 1. The van der Waals surface area contributed by atoms with Gasteiger partial charge in [0.05, 0.1) is 11.7 Å². The van der Waals surface area contributed by atoms with Gasteiger partial charge >= 0.3 is 0 Å². The van der Waals surface area contributed by atoms with E-state index in [1.807, 2.05) is 0 Å². The number of likely N-dealkylation sites (tertiary alicyclic amines) is 1. The minimum atomic E-state index is 0.0885. The summed E-state index contributed by atoms with van der Waals surface area (Å²) >= 11 is 7.60. The number of halogens is 1. The summed E-state index contributed by atoms with van der Waals surface area (Å²) in [6, 6.07) is 0.729. The predicted molar refractivity (Wildman–Crippen MR) is 76.1 cm³/mol. The Morgan fingerprint density at radius 1 is 1.44 bits per heavy atom. The number of nitrogens with two attached hydrogens (primary N) is 1. The van der Waals surface area contributed by atoms with E-state index in [0.29, 0.717) is 10.5 Å². The van der Waals surface area contributed by atoms with Crippen molar-refractivity contribution in [3.8, 4) is 0 Å². The van der Waals surface area contributed by atoms with Crippen LogP contribution in [0.4, 0.5) is 0 Å². The lowest BCUT2D eigenvalue weighted by molar-refractivity contribution is 0.0706. The highest BCUT2D eigenvalue weighted by Crippen LogP contribution is 2.52. The molecule has 0 radical (unpaired) electrons. The summed E-state index contributed by atoms with van der Waals surface area (Å²) in [5.41, 5.74) is 7.78. The van der Waals surface area contributed by atoms with E-state index >= 15 is 0 Å². The predicted octanol–water partition coefficient (Wildman–Crippen LogP) is 2.84. The van der Waals surface area contributed by atoms with Crippen molar-refractivity contribution < 1.29 is 0 Å². The zero-order valence-corrected chi connectivity index (χ0v) is 12.5. The Balaban J connectivity index is 1.78. The maximum Gasteiger partial charge on any atom is 0.184 e. The van der Waals surface area contributed by atoms with E-state index < -0.39 is 0 Å². The van der Waals surface area contributed by atoms with Crippen molar-refractivity contribution in [2.45, 2.75) is 45.2 Å². The largest absolute Gasteiger partial charge is 0.322 e. The molecular weight excluding hydrogens is 266 g/mol. The van der Waals surface area contributed by atoms with Gasteiger partial charge in [0.1, 0.15) is 0 Å². The molecule has 1 aromatic heterocycles. The molecule has 0 aromatic carbocycles. The molecule has 2 N–H and O–H groups in total. The summed E-state index contributed by atoms with van der Waals surface area (Å²) in [6.07, 6.45) is 3.46. The van der Waals surface area contributed by atoms with Crippen LogP contribution in [0.25, 0.3) is 0 Å². The quantitative estimate of drug-likeness (QED) is 0.863. The lowest BCUT2D eigenvalue weighted by Crippen LogP contribution is -2.46. The van der Waals surface area contributed by atoms with E-state index in [0.717, 1.165) is 25.2 Å². The number of aromatic nitrogens is 1. The Morgan fingerprint density at radius 3 is 2.67 bits per heavy atom. The van der Waals surface area contributed by atoms with E-state index in [1.54, 1.807) is 11.3 Å². The van der Waals surface area contributed by atoms with Crippen LogP contribution in [0.3, 0.4) is 0 Å². The highest BCUT2D eigenvalue weighted by molar-refractivity contribution is 7.15. The van der Waals surface area contributed by atoms with Gasteiger partial charge in [0.2, 0.25) is 0 Å². The number of rotatable bonds is 1. The molecule has 1 saturated heterocycles. The second-order valence-corrected chi connectivity index (χ2v) is 7.59. The highest BCUT2D eigenvalue weighted by Gasteiger charge is 2.48. The van der Waals surface area contributed by atoms with E-state index in [2.05, 4.69) is 23.7 Å². The second kappa shape index (κ2) is 4.44.